The molecule has 0 fully saturated rings. The van der Waals surface area contributed by atoms with Crippen molar-refractivity contribution in [3.05, 3.63) is 70.5 Å². The Labute approximate surface area is 194 Å². The van der Waals surface area contributed by atoms with E-state index in [1.54, 1.807) is 20.4 Å². The molecule has 0 saturated heterocycles. The summed E-state index contributed by atoms with van der Waals surface area (Å²) in [6.45, 7) is 0.645. The van der Waals surface area contributed by atoms with Gasteiger partial charge in [0.05, 0.1) is 14.2 Å². The number of nitrogens with one attached hydrogen (secondary N) is 1. The van der Waals surface area contributed by atoms with Crippen LogP contribution in [0.2, 0.25) is 0 Å². The second-order valence-electron chi connectivity index (χ2n) is 8.31. The Kier molecular flexibility index (Phi) is 6.96. The van der Waals surface area contributed by atoms with Crippen molar-refractivity contribution in [2.45, 2.75) is 44.3 Å². The minimum atomic E-state index is 0.133. The van der Waals surface area contributed by atoms with Crippen molar-refractivity contribution in [3.8, 4) is 11.5 Å². The third kappa shape index (κ3) is 4.86. The lowest BCUT2D eigenvalue weighted by Crippen LogP contribution is -2.08. The molecule has 1 aromatic carbocycles. The lowest BCUT2D eigenvalue weighted by Gasteiger charge is -2.14. The summed E-state index contributed by atoms with van der Waals surface area (Å²) in [4.78, 5) is 8.46. The summed E-state index contributed by atoms with van der Waals surface area (Å²) in [6.07, 6.45) is 7.49. The molecule has 0 amide bonds. The van der Waals surface area contributed by atoms with Crippen molar-refractivity contribution in [2.24, 2.45) is 11.5 Å². The number of methoxy groups -OCH3 is 2. The van der Waals surface area contributed by atoms with Gasteiger partial charge in [0.15, 0.2) is 0 Å². The second kappa shape index (κ2) is 10.1. The number of nitrogen functional groups attached to an aromatic ring is 1. The smallest absolute Gasteiger partial charge is 0.129 e. The van der Waals surface area contributed by atoms with Gasteiger partial charge in [0.2, 0.25) is 0 Å². The maximum Gasteiger partial charge on any atom is 0.129 e. The molecule has 5 rings (SSSR count). The highest BCUT2D eigenvalue weighted by molar-refractivity contribution is 5.53. The first kappa shape index (κ1) is 22.8. The molecule has 2 aliphatic rings. The first-order chi connectivity index (χ1) is 16.0. The van der Waals surface area contributed by atoms with Crippen LogP contribution in [0.5, 0.6) is 11.5 Å². The number of benzene rings is 1. The third-order valence-corrected chi connectivity index (χ3v) is 6.37. The van der Waals surface area contributed by atoms with Crippen molar-refractivity contribution in [3.63, 3.8) is 0 Å². The van der Waals surface area contributed by atoms with Gasteiger partial charge in [-0.3, -0.25) is 0 Å². The normalized spacial score (nSPS) is 18.1. The third-order valence-electron chi connectivity index (χ3n) is 6.37. The van der Waals surface area contributed by atoms with E-state index in [1.165, 1.54) is 16.7 Å². The molecule has 0 unspecified atom stereocenters. The van der Waals surface area contributed by atoms with Crippen molar-refractivity contribution >= 4 is 11.6 Å². The van der Waals surface area contributed by atoms with Crippen LogP contribution in [0.1, 0.15) is 52.7 Å². The molecule has 0 aliphatic heterocycles. The van der Waals surface area contributed by atoms with E-state index in [0.717, 1.165) is 54.1 Å². The van der Waals surface area contributed by atoms with Gasteiger partial charge in [-0.2, -0.15) is 0 Å². The summed E-state index contributed by atoms with van der Waals surface area (Å²) in [7, 11) is 3.31. The lowest BCUT2D eigenvalue weighted by molar-refractivity contribution is 0.391. The lowest BCUT2D eigenvalue weighted by atomic mass is 10.1. The molecule has 7 N–H and O–H groups in total. The predicted octanol–water partition coefficient (Wildman–Crippen LogP) is 3.27. The zero-order valence-electron chi connectivity index (χ0n) is 19.2. The number of aromatic nitrogens is 2. The van der Waals surface area contributed by atoms with Crippen molar-refractivity contribution in [1.29, 1.82) is 0 Å². The van der Waals surface area contributed by atoms with Crippen molar-refractivity contribution in [2.75, 3.05) is 25.3 Å². The van der Waals surface area contributed by atoms with Crippen LogP contribution in [0.4, 0.5) is 11.6 Å². The van der Waals surface area contributed by atoms with E-state index in [-0.39, 0.29) is 12.1 Å². The highest BCUT2D eigenvalue weighted by Crippen LogP contribution is 2.34. The van der Waals surface area contributed by atoms with E-state index in [4.69, 9.17) is 26.7 Å². The number of rotatable bonds is 5. The molecule has 3 aromatic rings. The summed E-state index contributed by atoms with van der Waals surface area (Å²) in [5.41, 5.74) is 23.4. The number of hydrogen-bond acceptors (Lipinski definition) is 8. The quantitative estimate of drug-likeness (QED) is 0.467. The zero-order valence-corrected chi connectivity index (χ0v) is 19.2. The molecule has 33 heavy (non-hydrogen) atoms. The number of nitrogens with zero attached hydrogens (tertiary/aromatic N) is 2. The van der Waals surface area contributed by atoms with Crippen LogP contribution in [0, 0.1) is 0 Å². The first-order valence-electron chi connectivity index (χ1n) is 11.2. The monoisotopic (exact) mass is 448 g/mol. The van der Waals surface area contributed by atoms with Crippen LogP contribution in [0.15, 0.2) is 42.7 Å². The summed E-state index contributed by atoms with van der Waals surface area (Å²) < 4.78 is 10.6. The molecule has 0 bridgehead atoms. The van der Waals surface area contributed by atoms with Crippen LogP contribution in [-0.4, -0.2) is 24.2 Å². The van der Waals surface area contributed by atoms with Crippen LogP contribution >= 0.6 is 0 Å². The fourth-order valence-corrected chi connectivity index (χ4v) is 4.50. The standard InChI is InChI=1S/C17H21N3O2.C8H11N3/c1-21-12-4-3-11(16(9-12)22-2)10-20-17-14-5-6-15(18)13(14)7-8-19-17;9-7-2-1-6-5(7)3-4-11-8(6)10/h3-4,7-9,15H,5-6,10,18H2,1-2H3,(H,19,20);3-4,7H,1-2,9H2,(H2,10,11)/t15-;7-/m11/s1. The molecule has 2 aliphatic carbocycles. The fourth-order valence-electron chi connectivity index (χ4n) is 4.50. The Bertz CT molecular complexity index is 1120. The molecular formula is C25H32N6O2. The Morgan fingerprint density at radius 1 is 0.909 bits per heavy atom. The number of nitrogens with two attached hydrogens (primary N) is 3. The average molecular weight is 449 g/mol. The van der Waals surface area contributed by atoms with E-state index in [1.807, 2.05) is 36.5 Å². The minimum absolute atomic E-state index is 0.133. The Morgan fingerprint density at radius 2 is 1.58 bits per heavy atom. The fraction of sp³-hybridized carbons (Fsp3) is 0.360. The number of anilines is 2. The Morgan fingerprint density at radius 3 is 2.24 bits per heavy atom. The van der Waals surface area contributed by atoms with Gasteiger partial charge < -0.3 is 32.0 Å². The van der Waals surface area contributed by atoms with Gasteiger partial charge in [-0.05, 0) is 72.2 Å². The summed E-state index contributed by atoms with van der Waals surface area (Å²) in [5, 5.41) is 3.41. The average Bonchev–Trinajstić information content (AvgIpc) is 3.42. The van der Waals surface area contributed by atoms with Crippen LogP contribution in [-0.2, 0) is 19.4 Å². The predicted molar refractivity (Wildman–Crippen MR) is 130 cm³/mol. The van der Waals surface area contributed by atoms with Gasteiger partial charge in [0.1, 0.15) is 23.1 Å². The summed E-state index contributed by atoms with van der Waals surface area (Å²) >= 11 is 0. The molecule has 2 atom stereocenters. The van der Waals surface area contributed by atoms with Gasteiger partial charge in [-0.1, -0.05) is 0 Å². The van der Waals surface area contributed by atoms with E-state index in [9.17, 15) is 0 Å². The van der Waals surface area contributed by atoms with Gasteiger partial charge in [-0.15, -0.1) is 0 Å². The van der Waals surface area contributed by atoms with E-state index >= 15 is 0 Å². The molecule has 2 aromatic heterocycles. The molecule has 0 spiro atoms. The minimum Gasteiger partial charge on any atom is -0.497 e. The number of fused-ring (bicyclic) bond motifs is 2. The largest absolute Gasteiger partial charge is 0.497 e. The van der Waals surface area contributed by atoms with E-state index < -0.39 is 0 Å². The van der Waals surface area contributed by atoms with Crippen molar-refractivity contribution < 1.29 is 9.47 Å². The number of hydrogen-bond donors (Lipinski definition) is 4. The summed E-state index contributed by atoms with van der Waals surface area (Å²) in [5.74, 6) is 3.15. The molecule has 2 heterocycles. The molecule has 174 valence electrons. The highest BCUT2D eigenvalue weighted by Gasteiger charge is 2.22. The highest BCUT2D eigenvalue weighted by atomic mass is 16.5. The van der Waals surface area contributed by atoms with Gasteiger partial charge in [0, 0.05) is 42.7 Å². The second-order valence-corrected chi connectivity index (χ2v) is 8.31. The maximum absolute atomic E-state index is 6.11. The van der Waals surface area contributed by atoms with E-state index in [0.29, 0.717) is 12.4 Å². The molecular weight excluding hydrogens is 416 g/mol. The zero-order chi connectivity index (χ0) is 23.4. The van der Waals surface area contributed by atoms with Crippen LogP contribution in [0.3, 0.4) is 0 Å². The maximum atomic E-state index is 6.11. The van der Waals surface area contributed by atoms with Crippen LogP contribution < -0.4 is 32.0 Å². The summed E-state index contributed by atoms with van der Waals surface area (Å²) in [6, 6.07) is 10.1. The topological polar surface area (TPSA) is 134 Å². The number of pyridine rings is 2. The SMILES string of the molecule is COc1ccc(CNc2nccc3c2CC[C@H]3N)c(OC)c1.Nc1nccc2c1CC[C@H]2N. The van der Waals surface area contributed by atoms with Crippen molar-refractivity contribution in [1.82, 2.24) is 9.97 Å². The van der Waals surface area contributed by atoms with Gasteiger partial charge in [0.25, 0.3) is 0 Å². The Balaban J connectivity index is 0.000000196. The molecule has 0 saturated carbocycles. The molecule has 8 heteroatoms. The van der Waals surface area contributed by atoms with Crippen LogP contribution in [0.25, 0.3) is 0 Å². The molecule has 8 nitrogen and oxygen atoms in total. The number of ether oxygens (including phenoxy) is 2. The Hall–Kier alpha value is -3.36. The molecule has 0 radical (unpaired) electrons. The van der Waals surface area contributed by atoms with Gasteiger partial charge in [-0.25, -0.2) is 9.97 Å². The first-order valence-corrected chi connectivity index (χ1v) is 11.2. The van der Waals surface area contributed by atoms with Gasteiger partial charge >= 0.3 is 0 Å². The van der Waals surface area contributed by atoms with E-state index in [2.05, 4.69) is 15.3 Å².